The molecule has 1 N–H and O–H groups in total. The zero-order chi connectivity index (χ0) is 12.3. The predicted octanol–water partition coefficient (Wildman–Crippen LogP) is 0.635. The first-order valence-corrected chi connectivity index (χ1v) is 6.45. The molecule has 0 radical (unpaired) electrons. The lowest BCUT2D eigenvalue weighted by atomic mass is 10.1. The standard InChI is InChI=1S/C12H23N5/c1-10(2)17-5-4-11(8-17)6-13-7-12-9-16(3)15-14-12/h9-11,13H,4-8H2,1-3H3. The van der Waals surface area contributed by atoms with Gasteiger partial charge in [-0.3, -0.25) is 4.68 Å². The minimum atomic E-state index is 0.681. The van der Waals surface area contributed by atoms with Crippen LogP contribution >= 0.6 is 0 Å². The molecule has 1 aliphatic heterocycles. The summed E-state index contributed by atoms with van der Waals surface area (Å²) in [5, 5.41) is 11.5. The predicted molar refractivity (Wildman–Crippen MR) is 67.5 cm³/mol. The van der Waals surface area contributed by atoms with E-state index in [2.05, 4.69) is 34.4 Å². The highest BCUT2D eigenvalue weighted by molar-refractivity contribution is 4.91. The number of likely N-dealkylation sites (tertiary alicyclic amines) is 1. The molecular formula is C12H23N5. The molecule has 0 amide bonds. The van der Waals surface area contributed by atoms with E-state index >= 15 is 0 Å². The van der Waals surface area contributed by atoms with Gasteiger partial charge in [-0.2, -0.15) is 0 Å². The largest absolute Gasteiger partial charge is 0.311 e. The molecule has 1 fully saturated rings. The highest BCUT2D eigenvalue weighted by atomic mass is 15.4. The Kier molecular flexibility index (Phi) is 4.12. The Hall–Kier alpha value is -0.940. The zero-order valence-electron chi connectivity index (χ0n) is 11.1. The van der Waals surface area contributed by atoms with E-state index in [1.54, 1.807) is 4.68 Å². The van der Waals surface area contributed by atoms with Gasteiger partial charge in [-0.1, -0.05) is 5.21 Å². The van der Waals surface area contributed by atoms with E-state index in [1.807, 2.05) is 13.2 Å². The van der Waals surface area contributed by atoms with Gasteiger partial charge in [0.1, 0.15) is 0 Å². The Morgan fingerprint density at radius 2 is 2.35 bits per heavy atom. The minimum absolute atomic E-state index is 0.681. The van der Waals surface area contributed by atoms with Crippen LogP contribution in [-0.4, -0.2) is 45.6 Å². The van der Waals surface area contributed by atoms with Crippen LogP contribution in [0.1, 0.15) is 26.0 Å². The number of nitrogens with one attached hydrogen (secondary N) is 1. The summed E-state index contributed by atoms with van der Waals surface area (Å²) in [6.07, 6.45) is 3.27. The quantitative estimate of drug-likeness (QED) is 0.816. The van der Waals surface area contributed by atoms with Crippen LogP contribution in [0, 0.1) is 5.92 Å². The molecule has 17 heavy (non-hydrogen) atoms. The van der Waals surface area contributed by atoms with Crippen molar-refractivity contribution in [1.82, 2.24) is 25.2 Å². The summed E-state index contributed by atoms with van der Waals surface area (Å²) < 4.78 is 1.74. The van der Waals surface area contributed by atoms with Gasteiger partial charge < -0.3 is 10.2 Å². The second kappa shape index (κ2) is 5.60. The van der Waals surface area contributed by atoms with Crippen LogP contribution < -0.4 is 5.32 Å². The third-order valence-corrected chi connectivity index (χ3v) is 3.44. The zero-order valence-corrected chi connectivity index (χ0v) is 11.1. The van der Waals surface area contributed by atoms with Crippen molar-refractivity contribution >= 4 is 0 Å². The second-order valence-electron chi connectivity index (χ2n) is 5.26. The molecule has 1 atom stereocenters. The molecule has 5 heteroatoms. The van der Waals surface area contributed by atoms with Gasteiger partial charge in [0, 0.05) is 32.4 Å². The van der Waals surface area contributed by atoms with Crippen molar-refractivity contribution in [3.8, 4) is 0 Å². The Morgan fingerprint density at radius 1 is 1.53 bits per heavy atom. The molecule has 2 heterocycles. The molecule has 96 valence electrons. The summed E-state index contributed by atoms with van der Waals surface area (Å²) in [4.78, 5) is 2.55. The molecule has 1 aromatic heterocycles. The van der Waals surface area contributed by atoms with Crippen LogP contribution in [0.25, 0.3) is 0 Å². The normalized spacial score (nSPS) is 21.5. The third kappa shape index (κ3) is 3.51. The molecule has 1 aromatic rings. The summed E-state index contributed by atoms with van der Waals surface area (Å²) in [5.41, 5.74) is 1.02. The fraction of sp³-hybridized carbons (Fsp3) is 0.833. The number of aromatic nitrogens is 3. The summed E-state index contributed by atoms with van der Waals surface area (Å²) in [6.45, 7) is 8.93. The highest BCUT2D eigenvalue weighted by Crippen LogP contribution is 2.17. The summed E-state index contributed by atoms with van der Waals surface area (Å²) in [5.74, 6) is 0.786. The van der Waals surface area contributed by atoms with E-state index < -0.39 is 0 Å². The van der Waals surface area contributed by atoms with Crippen LogP contribution in [0.5, 0.6) is 0 Å². The van der Waals surface area contributed by atoms with E-state index in [-0.39, 0.29) is 0 Å². The summed E-state index contributed by atoms with van der Waals surface area (Å²) in [7, 11) is 1.90. The van der Waals surface area contributed by atoms with Gasteiger partial charge in [-0.05, 0) is 39.3 Å². The maximum absolute atomic E-state index is 4.06. The third-order valence-electron chi connectivity index (χ3n) is 3.44. The first kappa shape index (κ1) is 12.5. The van der Waals surface area contributed by atoms with E-state index in [0.717, 1.165) is 24.7 Å². The fourth-order valence-corrected chi connectivity index (χ4v) is 2.38. The number of hydrogen-bond acceptors (Lipinski definition) is 4. The number of rotatable bonds is 5. The Labute approximate surface area is 103 Å². The molecule has 2 rings (SSSR count). The maximum atomic E-state index is 4.06. The van der Waals surface area contributed by atoms with Crippen molar-refractivity contribution in [2.45, 2.75) is 32.9 Å². The molecule has 0 bridgehead atoms. The summed E-state index contributed by atoms with van der Waals surface area (Å²) in [6, 6.07) is 0.681. The smallest absolute Gasteiger partial charge is 0.0964 e. The van der Waals surface area contributed by atoms with E-state index in [0.29, 0.717) is 6.04 Å². The summed E-state index contributed by atoms with van der Waals surface area (Å²) >= 11 is 0. The minimum Gasteiger partial charge on any atom is -0.311 e. The fourth-order valence-electron chi connectivity index (χ4n) is 2.38. The van der Waals surface area contributed by atoms with Crippen molar-refractivity contribution < 1.29 is 0 Å². The number of hydrogen-bond donors (Lipinski definition) is 1. The monoisotopic (exact) mass is 237 g/mol. The molecule has 1 aliphatic rings. The van der Waals surface area contributed by atoms with E-state index in [4.69, 9.17) is 0 Å². The molecule has 1 saturated heterocycles. The average molecular weight is 237 g/mol. The molecule has 0 spiro atoms. The van der Waals surface area contributed by atoms with Crippen molar-refractivity contribution in [1.29, 1.82) is 0 Å². The van der Waals surface area contributed by atoms with Crippen LogP contribution in [0.4, 0.5) is 0 Å². The van der Waals surface area contributed by atoms with Crippen molar-refractivity contribution in [3.63, 3.8) is 0 Å². The number of nitrogens with zero attached hydrogens (tertiary/aromatic N) is 4. The van der Waals surface area contributed by atoms with Crippen molar-refractivity contribution in [2.24, 2.45) is 13.0 Å². The van der Waals surface area contributed by atoms with Crippen LogP contribution in [-0.2, 0) is 13.6 Å². The maximum Gasteiger partial charge on any atom is 0.0964 e. The molecular weight excluding hydrogens is 214 g/mol. The van der Waals surface area contributed by atoms with Crippen LogP contribution in [0.3, 0.4) is 0 Å². The lowest BCUT2D eigenvalue weighted by Gasteiger charge is -2.20. The lowest BCUT2D eigenvalue weighted by Crippen LogP contribution is -2.30. The Morgan fingerprint density at radius 3 is 2.94 bits per heavy atom. The van der Waals surface area contributed by atoms with Gasteiger partial charge in [0.2, 0.25) is 0 Å². The Bertz CT molecular complexity index is 346. The number of aryl methyl sites for hydroxylation is 1. The SMILES string of the molecule is CC(C)N1CCC(CNCc2cn(C)nn2)C1. The van der Waals surface area contributed by atoms with Gasteiger partial charge in [0.05, 0.1) is 5.69 Å². The van der Waals surface area contributed by atoms with Gasteiger partial charge in [0.15, 0.2) is 0 Å². The highest BCUT2D eigenvalue weighted by Gasteiger charge is 2.23. The lowest BCUT2D eigenvalue weighted by molar-refractivity contribution is 0.264. The van der Waals surface area contributed by atoms with Crippen LogP contribution in [0.2, 0.25) is 0 Å². The average Bonchev–Trinajstić information content (AvgIpc) is 2.88. The molecule has 0 saturated carbocycles. The Balaban J connectivity index is 1.66. The molecule has 0 aliphatic carbocycles. The first-order valence-electron chi connectivity index (χ1n) is 6.45. The van der Waals surface area contributed by atoms with Gasteiger partial charge in [0.25, 0.3) is 0 Å². The van der Waals surface area contributed by atoms with E-state index in [9.17, 15) is 0 Å². The first-order chi connectivity index (χ1) is 8.15. The van der Waals surface area contributed by atoms with Gasteiger partial charge >= 0.3 is 0 Å². The topological polar surface area (TPSA) is 46.0 Å². The van der Waals surface area contributed by atoms with Gasteiger partial charge in [-0.25, -0.2) is 0 Å². The van der Waals surface area contributed by atoms with Crippen LogP contribution in [0.15, 0.2) is 6.20 Å². The van der Waals surface area contributed by atoms with E-state index in [1.165, 1.54) is 19.5 Å². The van der Waals surface area contributed by atoms with Gasteiger partial charge in [-0.15, -0.1) is 5.10 Å². The molecule has 0 aromatic carbocycles. The second-order valence-corrected chi connectivity index (χ2v) is 5.26. The van der Waals surface area contributed by atoms with Crippen molar-refractivity contribution in [2.75, 3.05) is 19.6 Å². The molecule has 1 unspecified atom stereocenters. The van der Waals surface area contributed by atoms with Crippen molar-refractivity contribution in [3.05, 3.63) is 11.9 Å². The molecule has 5 nitrogen and oxygen atoms in total.